The predicted molar refractivity (Wildman–Crippen MR) is 90.7 cm³/mol. The van der Waals surface area contributed by atoms with Crippen LogP contribution >= 0.6 is 24.8 Å². The zero-order chi connectivity index (χ0) is 13.8. The highest BCUT2D eigenvalue weighted by atomic mass is 35.5. The quantitative estimate of drug-likeness (QED) is 0.889. The Kier molecular flexibility index (Phi) is 7.55. The van der Waals surface area contributed by atoms with E-state index in [9.17, 15) is 4.79 Å². The molecule has 5 nitrogen and oxygen atoms in total. The summed E-state index contributed by atoms with van der Waals surface area (Å²) in [5.74, 6) is -0.0786. The molecule has 1 atom stereocenters. The Bertz CT molecular complexity index is 613. The fourth-order valence-electron chi connectivity index (χ4n) is 2.34. The monoisotopic (exact) mass is 343 g/mol. The predicted octanol–water partition coefficient (Wildman–Crippen LogP) is 1.68. The summed E-state index contributed by atoms with van der Waals surface area (Å²) in [6.07, 6.45) is 1.37. The summed E-state index contributed by atoms with van der Waals surface area (Å²) in [6.45, 7) is 2.41. The largest absolute Gasteiger partial charge is 0.366 e. The zero-order valence-electron chi connectivity index (χ0n) is 12.0. The standard InChI is InChI=1S/C15H17N3O2.2ClH/c19-15(13-10-16-7-8-20-13)18-9-12-4-1-3-11-5-2-6-17-14(11)12;;/h1-6,13,16H,7-10H2,(H,18,19);2*1H. The summed E-state index contributed by atoms with van der Waals surface area (Å²) in [5.41, 5.74) is 1.94. The summed E-state index contributed by atoms with van der Waals surface area (Å²) in [5, 5.41) is 7.14. The topological polar surface area (TPSA) is 63.2 Å². The molecule has 1 amide bonds. The van der Waals surface area contributed by atoms with Gasteiger partial charge in [-0.1, -0.05) is 24.3 Å². The third-order valence-electron chi connectivity index (χ3n) is 3.39. The molecule has 1 aliphatic heterocycles. The molecule has 1 saturated heterocycles. The Hall–Kier alpha value is -1.40. The minimum Gasteiger partial charge on any atom is -0.366 e. The van der Waals surface area contributed by atoms with E-state index in [1.165, 1.54) is 0 Å². The van der Waals surface area contributed by atoms with Gasteiger partial charge in [0, 0.05) is 31.2 Å². The van der Waals surface area contributed by atoms with Crippen molar-refractivity contribution in [2.24, 2.45) is 0 Å². The molecule has 1 fully saturated rings. The number of nitrogens with one attached hydrogen (secondary N) is 2. The number of halogens is 2. The van der Waals surface area contributed by atoms with Gasteiger partial charge in [-0.15, -0.1) is 24.8 Å². The van der Waals surface area contributed by atoms with Crippen LogP contribution in [0.5, 0.6) is 0 Å². The zero-order valence-corrected chi connectivity index (χ0v) is 13.6. The molecule has 0 spiro atoms. The van der Waals surface area contributed by atoms with Gasteiger partial charge in [-0.2, -0.15) is 0 Å². The van der Waals surface area contributed by atoms with Crippen LogP contribution in [0.2, 0.25) is 0 Å². The molecule has 0 bridgehead atoms. The first-order valence-electron chi connectivity index (χ1n) is 6.77. The number of para-hydroxylation sites is 1. The molecule has 2 aromatic rings. The third-order valence-corrected chi connectivity index (χ3v) is 3.39. The van der Waals surface area contributed by atoms with Crippen LogP contribution in [-0.2, 0) is 16.1 Å². The molecular weight excluding hydrogens is 325 g/mol. The number of hydrogen-bond donors (Lipinski definition) is 2. The summed E-state index contributed by atoms with van der Waals surface area (Å²) in [6, 6.07) is 9.90. The molecule has 1 unspecified atom stereocenters. The molecule has 120 valence electrons. The van der Waals surface area contributed by atoms with Gasteiger partial charge in [0.1, 0.15) is 6.10 Å². The lowest BCUT2D eigenvalue weighted by Gasteiger charge is -2.22. The second kappa shape index (κ2) is 8.90. The first kappa shape index (κ1) is 18.6. The fraction of sp³-hybridized carbons (Fsp3) is 0.333. The van der Waals surface area contributed by atoms with Crippen LogP contribution in [0.1, 0.15) is 5.56 Å². The summed E-state index contributed by atoms with van der Waals surface area (Å²) >= 11 is 0. The summed E-state index contributed by atoms with van der Waals surface area (Å²) < 4.78 is 5.43. The van der Waals surface area contributed by atoms with Crippen LogP contribution in [0.4, 0.5) is 0 Å². The van der Waals surface area contributed by atoms with E-state index in [-0.39, 0.29) is 30.7 Å². The maximum Gasteiger partial charge on any atom is 0.250 e. The van der Waals surface area contributed by atoms with Crippen LogP contribution in [0, 0.1) is 0 Å². The van der Waals surface area contributed by atoms with Gasteiger partial charge in [-0.25, -0.2) is 0 Å². The van der Waals surface area contributed by atoms with Gasteiger partial charge < -0.3 is 15.4 Å². The Morgan fingerprint density at radius 2 is 2.14 bits per heavy atom. The molecule has 0 radical (unpaired) electrons. The van der Waals surface area contributed by atoms with Crippen molar-refractivity contribution >= 4 is 41.6 Å². The van der Waals surface area contributed by atoms with E-state index in [1.54, 1.807) is 6.20 Å². The van der Waals surface area contributed by atoms with E-state index in [0.29, 0.717) is 19.7 Å². The van der Waals surface area contributed by atoms with Crippen molar-refractivity contribution in [1.82, 2.24) is 15.6 Å². The highest BCUT2D eigenvalue weighted by Gasteiger charge is 2.21. The van der Waals surface area contributed by atoms with Gasteiger partial charge in [-0.05, 0) is 11.6 Å². The Morgan fingerprint density at radius 3 is 2.91 bits per heavy atom. The second-order valence-corrected chi connectivity index (χ2v) is 4.77. The maximum atomic E-state index is 12.0. The fourth-order valence-corrected chi connectivity index (χ4v) is 2.34. The van der Waals surface area contributed by atoms with Gasteiger partial charge in [-0.3, -0.25) is 9.78 Å². The van der Waals surface area contributed by atoms with Gasteiger partial charge in [0.05, 0.1) is 12.1 Å². The summed E-state index contributed by atoms with van der Waals surface area (Å²) in [4.78, 5) is 16.4. The molecule has 2 heterocycles. The molecular formula is C15H19Cl2N3O2. The van der Waals surface area contributed by atoms with Gasteiger partial charge in [0.25, 0.3) is 5.91 Å². The Morgan fingerprint density at radius 1 is 1.32 bits per heavy atom. The lowest BCUT2D eigenvalue weighted by molar-refractivity contribution is -0.134. The number of fused-ring (bicyclic) bond motifs is 1. The van der Waals surface area contributed by atoms with Gasteiger partial charge in [0.15, 0.2) is 0 Å². The van der Waals surface area contributed by atoms with E-state index in [1.807, 2.05) is 30.3 Å². The summed E-state index contributed by atoms with van der Waals surface area (Å²) in [7, 11) is 0. The number of nitrogens with zero attached hydrogens (tertiary/aromatic N) is 1. The Balaban J connectivity index is 0.00000121. The van der Waals surface area contributed by atoms with Crippen molar-refractivity contribution in [2.75, 3.05) is 19.7 Å². The average molecular weight is 344 g/mol. The molecule has 0 saturated carbocycles. The SMILES string of the molecule is Cl.Cl.O=C(NCc1cccc2cccnc12)C1CNCCO1. The molecule has 3 rings (SSSR count). The number of amides is 1. The number of benzene rings is 1. The number of morpholine rings is 1. The molecule has 0 aliphatic carbocycles. The maximum absolute atomic E-state index is 12.0. The van der Waals surface area contributed by atoms with Crippen LogP contribution in [0.15, 0.2) is 36.5 Å². The first-order valence-corrected chi connectivity index (χ1v) is 6.77. The molecule has 1 aromatic carbocycles. The van der Waals surface area contributed by atoms with E-state index in [0.717, 1.165) is 23.0 Å². The van der Waals surface area contributed by atoms with Crippen molar-refractivity contribution in [1.29, 1.82) is 0 Å². The number of hydrogen-bond acceptors (Lipinski definition) is 4. The minimum absolute atomic E-state index is 0. The number of pyridine rings is 1. The lowest BCUT2D eigenvalue weighted by atomic mass is 10.1. The smallest absolute Gasteiger partial charge is 0.250 e. The van der Waals surface area contributed by atoms with Crippen molar-refractivity contribution in [2.45, 2.75) is 12.6 Å². The van der Waals surface area contributed by atoms with E-state index >= 15 is 0 Å². The van der Waals surface area contributed by atoms with Gasteiger partial charge >= 0.3 is 0 Å². The van der Waals surface area contributed by atoms with Crippen LogP contribution in [0.25, 0.3) is 10.9 Å². The third kappa shape index (κ3) is 4.30. The van der Waals surface area contributed by atoms with Crippen LogP contribution < -0.4 is 10.6 Å². The highest BCUT2D eigenvalue weighted by Crippen LogP contribution is 2.15. The number of carbonyl (C=O) groups is 1. The van der Waals surface area contributed by atoms with E-state index in [2.05, 4.69) is 15.6 Å². The second-order valence-electron chi connectivity index (χ2n) is 4.77. The van der Waals surface area contributed by atoms with Crippen molar-refractivity contribution in [3.8, 4) is 0 Å². The normalized spacial score (nSPS) is 17.2. The number of carbonyl (C=O) groups excluding carboxylic acids is 1. The first-order chi connectivity index (χ1) is 9.84. The van der Waals surface area contributed by atoms with Gasteiger partial charge in [0.2, 0.25) is 0 Å². The number of aromatic nitrogens is 1. The highest BCUT2D eigenvalue weighted by molar-refractivity contribution is 5.86. The molecule has 1 aliphatic rings. The number of rotatable bonds is 3. The molecule has 2 N–H and O–H groups in total. The van der Waals surface area contributed by atoms with Crippen LogP contribution in [-0.4, -0.2) is 36.7 Å². The Labute approximate surface area is 141 Å². The molecule has 7 heteroatoms. The van der Waals surface area contributed by atoms with Crippen molar-refractivity contribution in [3.05, 3.63) is 42.1 Å². The van der Waals surface area contributed by atoms with Crippen LogP contribution in [0.3, 0.4) is 0 Å². The van der Waals surface area contributed by atoms with E-state index in [4.69, 9.17) is 4.74 Å². The number of ether oxygens (including phenoxy) is 1. The minimum atomic E-state index is -0.397. The molecule has 22 heavy (non-hydrogen) atoms. The van der Waals surface area contributed by atoms with Crippen molar-refractivity contribution < 1.29 is 9.53 Å². The lowest BCUT2D eigenvalue weighted by Crippen LogP contribution is -2.47. The van der Waals surface area contributed by atoms with E-state index < -0.39 is 6.10 Å². The van der Waals surface area contributed by atoms with Crippen molar-refractivity contribution in [3.63, 3.8) is 0 Å². The molecule has 1 aromatic heterocycles. The average Bonchev–Trinajstić information content (AvgIpc) is 2.53.